The van der Waals surface area contributed by atoms with Gasteiger partial charge in [-0.15, -0.1) is 0 Å². The number of hydrogen-bond acceptors (Lipinski definition) is 3. The molecule has 1 aromatic carbocycles. The number of rotatable bonds is 5. The predicted molar refractivity (Wildman–Crippen MR) is 81.5 cm³/mol. The molecule has 0 fully saturated rings. The second-order valence-electron chi connectivity index (χ2n) is 3.42. The minimum absolute atomic E-state index is 0.0666. The first kappa shape index (κ1) is 18.0. The number of alkyl halides is 2. The summed E-state index contributed by atoms with van der Waals surface area (Å²) in [6.07, 6.45) is 0. The molecule has 0 unspecified atom stereocenters. The van der Waals surface area contributed by atoms with Gasteiger partial charge in [0.25, 0.3) is 10.1 Å². The quantitative estimate of drug-likeness (QED) is 0.451. The van der Waals surface area contributed by atoms with Gasteiger partial charge in [0.1, 0.15) is 0 Å². The molecule has 0 heterocycles. The van der Waals surface area contributed by atoms with Crippen LogP contribution in [-0.4, -0.2) is 36.7 Å². The second kappa shape index (κ2) is 9.91. The van der Waals surface area contributed by atoms with Crippen LogP contribution in [0.2, 0.25) is 0 Å². The van der Waals surface area contributed by atoms with Crippen molar-refractivity contribution in [3.8, 4) is 0 Å². The van der Waals surface area contributed by atoms with E-state index in [2.05, 4.69) is 37.2 Å². The van der Waals surface area contributed by atoms with E-state index in [1.165, 1.54) is 12.1 Å². The van der Waals surface area contributed by atoms with Crippen molar-refractivity contribution in [2.75, 3.05) is 23.7 Å². The third kappa shape index (κ3) is 9.04. The van der Waals surface area contributed by atoms with Crippen LogP contribution in [0.1, 0.15) is 5.56 Å². The van der Waals surface area contributed by atoms with Gasteiger partial charge in [-0.05, 0) is 19.1 Å². The van der Waals surface area contributed by atoms with Crippen LogP contribution < -0.4 is 5.32 Å². The summed E-state index contributed by atoms with van der Waals surface area (Å²) in [5.74, 6) is 0. The van der Waals surface area contributed by atoms with E-state index in [-0.39, 0.29) is 4.90 Å². The molecule has 0 saturated carbocycles. The summed E-state index contributed by atoms with van der Waals surface area (Å²) in [4.78, 5) is -0.0666. The Morgan fingerprint density at radius 2 is 1.56 bits per heavy atom. The van der Waals surface area contributed by atoms with E-state index in [0.717, 1.165) is 29.3 Å². The van der Waals surface area contributed by atoms with Gasteiger partial charge in [0.15, 0.2) is 0 Å². The molecule has 0 aromatic heterocycles. The van der Waals surface area contributed by atoms with Crippen LogP contribution in [0.5, 0.6) is 0 Å². The van der Waals surface area contributed by atoms with Gasteiger partial charge in [0.2, 0.25) is 0 Å². The molecule has 0 bridgehead atoms. The Hall–Kier alpha value is 0.0500. The molecule has 0 aliphatic rings. The van der Waals surface area contributed by atoms with E-state index < -0.39 is 10.1 Å². The summed E-state index contributed by atoms with van der Waals surface area (Å²) in [5, 5.41) is 5.27. The lowest BCUT2D eigenvalue weighted by molar-refractivity contribution is 0.483. The minimum atomic E-state index is -4.02. The zero-order chi connectivity index (χ0) is 14.0. The highest BCUT2D eigenvalue weighted by Crippen LogP contribution is 2.08. The van der Waals surface area contributed by atoms with Crippen molar-refractivity contribution >= 4 is 42.0 Å². The fraction of sp³-hybridized carbons (Fsp3) is 0.455. The molecule has 0 spiro atoms. The lowest BCUT2D eigenvalue weighted by atomic mass is 10.2. The van der Waals surface area contributed by atoms with Gasteiger partial charge in [-0.2, -0.15) is 8.42 Å². The first-order valence-corrected chi connectivity index (χ1v) is 8.97. The van der Waals surface area contributed by atoms with Crippen LogP contribution >= 0.6 is 31.9 Å². The van der Waals surface area contributed by atoms with Crippen LogP contribution in [0.3, 0.4) is 0 Å². The number of halogens is 2. The van der Waals surface area contributed by atoms with Gasteiger partial charge >= 0.3 is 0 Å². The molecule has 0 saturated heterocycles. The van der Waals surface area contributed by atoms with E-state index in [9.17, 15) is 8.42 Å². The number of benzene rings is 1. The summed E-state index contributed by atoms with van der Waals surface area (Å²) in [7, 11) is -4.02. The molecule has 0 amide bonds. The highest BCUT2D eigenvalue weighted by molar-refractivity contribution is 9.09. The Kier molecular flexibility index (Phi) is 9.94. The summed E-state index contributed by atoms with van der Waals surface area (Å²) in [6, 6.07) is 5.99. The fourth-order valence-corrected chi connectivity index (χ4v) is 2.01. The Morgan fingerprint density at radius 1 is 1.11 bits per heavy atom. The van der Waals surface area contributed by atoms with E-state index in [1.54, 1.807) is 12.1 Å². The monoisotopic (exact) mass is 401 g/mol. The van der Waals surface area contributed by atoms with Crippen molar-refractivity contribution in [3.63, 3.8) is 0 Å². The Labute approximate surface area is 125 Å². The number of aryl methyl sites for hydroxylation is 1. The summed E-state index contributed by atoms with van der Waals surface area (Å²) in [6.45, 7) is 3.96. The number of hydrogen-bond donors (Lipinski definition) is 2. The standard InChI is InChI=1S/C7H8O3S.C4H9Br2N/c1-6-2-4-7(5-3-6)11(8,9)10;5-1-3-7-4-2-6/h2-5H,1H3,(H,8,9,10);7H,1-4H2. The average Bonchev–Trinajstić information content (AvgIpc) is 2.30. The second-order valence-corrected chi connectivity index (χ2v) is 6.42. The van der Waals surface area contributed by atoms with Gasteiger partial charge in [0.05, 0.1) is 4.90 Å². The molecule has 4 nitrogen and oxygen atoms in total. The third-order valence-electron chi connectivity index (χ3n) is 1.86. The van der Waals surface area contributed by atoms with Crippen molar-refractivity contribution in [1.29, 1.82) is 0 Å². The van der Waals surface area contributed by atoms with Crippen molar-refractivity contribution in [3.05, 3.63) is 29.8 Å². The van der Waals surface area contributed by atoms with Crippen molar-refractivity contribution < 1.29 is 13.0 Å². The average molecular weight is 403 g/mol. The fourth-order valence-electron chi connectivity index (χ4n) is 0.969. The molecule has 1 aromatic rings. The normalized spacial score (nSPS) is 10.7. The zero-order valence-corrected chi connectivity index (χ0v) is 14.1. The molecule has 2 N–H and O–H groups in total. The summed E-state index contributed by atoms with van der Waals surface area (Å²) in [5.41, 5.74) is 0.956. The minimum Gasteiger partial charge on any atom is -0.315 e. The molecule has 0 atom stereocenters. The van der Waals surface area contributed by atoms with Gasteiger partial charge in [-0.25, -0.2) is 0 Å². The molecule has 1 rings (SSSR count). The molecular weight excluding hydrogens is 386 g/mol. The highest BCUT2D eigenvalue weighted by atomic mass is 79.9. The maximum Gasteiger partial charge on any atom is 0.294 e. The third-order valence-corrected chi connectivity index (χ3v) is 3.52. The van der Waals surface area contributed by atoms with Gasteiger partial charge < -0.3 is 5.32 Å². The maximum atomic E-state index is 10.5. The van der Waals surface area contributed by atoms with Gasteiger partial charge in [-0.1, -0.05) is 49.6 Å². The van der Waals surface area contributed by atoms with Crippen LogP contribution in [0, 0.1) is 6.92 Å². The molecule has 7 heteroatoms. The van der Waals surface area contributed by atoms with Crippen molar-refractivity contribution in [2.24, 2.45) is 0 Å². The largest absolute Gasteiger partial charge is 0.315 e. The van der Waals surface area contributed by atoms with Crippen molar-refractivity contribution in [2.45, 2.75) is 11.8 Å². The molecule has 18 heavy (non-hydrogen) atoms. The Balaban J connectivity index is 0.000000360. The summed E-state index contributed by atoms with van der Waals surface area (Å²) >= 11 is 6.60. The number of nitrogens with one attached hydrogen (secondary N) is 1. The van der Waals surface area contributed by atoms with Gasteiger partial charge in [-0.3, -0.25) is 4.55 Å². The van der Waals surface area contributed by atoms with Crippen LogP contribution in [0.4, 0.5) is 0 Å². The van der Waals surface area contributed by atoms with Crippen LogP contribution in [0.25, 0.3) is 0 Å². The lowest BCUT2D eigenvalue weighted by Crippen LogP contribution is -2.18. The van der Waals surface area contributed by atoms with Gasteiger partial charge in [0, 0.05) is 23.7 Å². The lowest BCUT2D eigenvalue weighted by Gasteiger charge is -1.95. The maximum absolute atomic E-state index is 10.5. The van der Waals surface area contributed by atoms with E-state index in [0.29, 0.717) is 0 Å². The van der Waals surface area contributed by atoms with Crippen LogP contribution in [-0.2, 0) is 10.1 Å². The smallest absolute Gasteiger partial charge is 0.294 e. The zero-order valence-electron chi connectivity index (χ0n) is 10.1. The van der Waals surface area contributed by atoms with E-state index in [1.807, 2.05) is 6.92 Å². The predicted octanol–water partition coefficient (Wildman–Crippen LogP) is 2.61. The molecule has 0 aliphatic heterocycles. The first-order valence-electron chi connectivity index (χ1n) is 5.28. The van der Waals surface area contributed by atoms with Crippen molar-refractivity contribution in [1.82, 2.24) is 5.32 Å². The molecule has 104 valence electrons. The van der Waals surface area contributed by atoms with E-state index in [4.69, 9.17) is 4.55 Å². The molecule has 0 radical (unpaired) electrons. The van der Waals surface area contributed by atoms with Crippen LogP contribution in [0.15, 0.2) is 29.2 Å². The first-order chi connectivity index (χ1) is 8.41. The molecule has 0 aliphatic carbocycles. The SMILES string of the molecule is BrCCNCCBr.Cc1ccc(S(=O)(=O)O)cc1. The Morgan fingerprint density at radius 3 is 1.89 bits per heavy atom. The highest BCUT2D eigenvalue weighted by Gasteiger charge is 2.06. The summed E-state index contributed by atoms with van der Waals surface area (Å²) < 4.78 is 29.6. The van der Waals surface area contributed by atoms with E-state index >= 15 is 0 Å². The Bertz CT molecular complexity index is 416. The molecular formula is C11H17Br2NO3S. The topological polar surface area (TPSA) is 66.4 Å².